The molecule has 0 heterocycles. The molecule has 6 nitrogen and oxygen atoms in total. The van der Waals surface area contributed by atoms with Crippen molar-refractivity contribution in [3.8, 4) is 0 Å². The summed E-state index contributed by atoms with van der Waals surface area (Å²) in [5.41, 5.74) is 0. The van der Waals surface area contributed by atoms with Crippen LogP contribution in [-0.2, 0) is 14.8 Å². The van der Waals surface area contributed by atoms with Crippen molar-refractivity contribution >= 4 is 16.0 Å². The van der Waals surface area contributed by atoms with Crippen molar-refractivity contribution in [1.82, 2.24) is 4.72 Å². The van der Waals surface area contributed by atoms with Gasteiger partial charge >= 0.3 is 5.97 Å². The van der Waals surface area contributed by atoms with E-state index in [1.165, 1.54) is 0 Å². The zero-order valence-electron chi connectivity index (χ0n) is 8.80. The molecule has 0 aliphatic rings. The number of aliphatic hydroxyl groups is 1. The number of halogens is 2. The fourth-order valence-corrected chi connectivity index (χ4v) is 2.33. The highest BCUT2D eigenvalue weighted by atomic mass is 32.2. The van der Waals surface area contributed by atoms with Crippen molar-refractivity contribution in [1.29, 1.82) is 0 Å². The van der Waals surface area contributed by atoms with Crippen LogP contribution in [0.15, 0.2) is 23.1 Å². The molecule has 18 heavy (non-hydrogen) atoms. The lowest BCUT2D eigenvalue weighted by atomic mass is 10.3. The average Bonchev–Trinajstić information content (AvgIpc) is 2.24. The molecule has 1 atom stereocenters. The summed E-state index contributed by atoms with van der Waals surface area (Å²) >= 11 is 0. The normalized spacial score (nSPS) is 13.3. The van der Waals surface area contributed by atoms with E-state index >= 15 is 0 Å². The monoisotopic (exact) mass is 281 g/mol. The van der Waals surface area contributed by atoms with Gasteiger partial charge in [0.1, 0.15) is 17.7 Å². The Kier molecular flexibility index (Phi) is 4.33. The molecule has 0 aromatic heterocycles. The lowest BCUT2D eigenvalue weighted by Gasteiger charge is -2.12. The molecular formula is C9H9F2NO5S. The number of carbonyl (C=O) groups is 1. The van der Waals surface area contributed by atoms with Crippen molar-refractivity contribution in [2.45, 2.75) is 10.9 Å². The van der Waals surface area contributed by atoms with E-state index in [-0.39, 0.29) is 0 Å². The van der Waals surface area contributed by atoms with Gasteiger partial charge < -0.3 is 10.2 Å². The van der Waals surface area contributed by atoms with Gasteiger partial charge in [-0.3, -0.25) is 4.79 Å². The van der Waals surface area contributed by atoms with E-state index in [1.807, 2.05) is 0 Å². The minimum absolute atomic E-state index is 0.472. The highest BCUT2D eigenvalue weighted by Gasteiger charge is 2.25. The minimum atomic E-state index is -4.43. The van der Waals surface area contributed by atoms with E-state index in [1.54, 1.807) is 4.72 Å². The minimum Gasteiger partial charge on any atom is -0.480 e. The fourth-order valence-electron chi connectivity index (χ4n) is 1.10. The molecule has 1 rings (SSSR count). The summed E-state index contributed by atoms with van der Waals surface area (Å²) in [4.78, 5) is 9.77. The molecule has 0 unspecified atom stereocenters. The molecule has 100 valence electrons. The number of carboxylic acids is 1. The molecule has 1 aromatic carbocycles. The smallest absolute Gasteiger partial charge is 0.324 e. The first kappa shape index (κ1) is 14.5. The van der Waals surface area contributed by atoms with E-state index < -0.39 is 45.2 Å². The van der Waals surface area contributed by atoms with Gasteiger partial charge in [-0.25, -0.2) is 17.2 Å². The second-order valence-corrected chi connectivity index (χ2v) is 5.01. The van der Waals surface area contributed by atoms with E-state index in [2.05, 4.69) is 0 Å². The first-order chi connectivity index (χ1) is 8.26. The third-order valence-electron chi connectivity index (χ3n) is 1.92. The molecular weight excluding hydrogens is 272 g/mol. The topological polar surface area (TPSA) is 104 Å². The van der Waals surface area contributed by atoms with Crippen LogP contribution >= 0.6 is 0 Å². The molecule has 0 fully saturated rings. The van der Waals surface area contributed by atoms with Crippen LogP contribution < -0.4 is 4.72 Å². The summed E-state index contributed by atoms with van der Waals surface area (Å²) in [5, 5.41) is 17.2. The summed E-state index contributed by atoms with van der Waals surface area (Å²) < 4.78 is 50.5. The van der Waals surface area contributed by atoms with Crippen LogP contribution in [-0.4, -0.2) is 37.2 Å². The van der Waals surface area contributed by atoms with E-state index in [0.717, 1.165) is 0 Å². The van der Waals surface area contributed by atoms with Crippen molar-refractivity contribution in [3.63, 3.8) is 0 Å². The number of hydrogen-bond acceptors (Lipinski definition) is 4. The zero-order chi connectivity index (χ0) is 13.9. The number of carboxylic acid groups (broad SMARTS) is 1. The summed E-state index contributed by atoms with van der Waals surface area (Å²) in [6.07, 6.45) is 0. The van der Waals surface area contributed by atoms with Crippen LogP contribution in [0.5, 0.6) is 0 Å². The number of nitrogens with one attached hydrogen (secondary N) is 1. The van der Waals surface area contributed by atoms with Gasteiger partial charge in [-0.1, -0.05) is 0 Å². The van der Waals surface area contributed by atoms with Crippen molar-refractivity contribution in [2.75, 3.05) is 6.61 Å². The summed E-state index contributed by atoms with van der Waals surface area (Å²) in [5.74, 6) is -3.85. The summed E-state index contributed by atoms with van der Waals surface area (Å²) in [6.45, 7) is -0.994. The third-order valence-corrected chi connectivity index (χ3v) is 3.38. The maximum atomic E-state index is 12.8. The molecule has 3 N–H and O–H groups in total. The second kappa shape index (κ2) is 5.38. The lowest BCUT2D eigenvalue weighted by Crippen LogP contribution is -2.43. The van der Waals surface area contributed by atoms with Gasteiger partial charge in [-0.2, -0.15) is 4.72 Å². The Hall–Kier alpha value is -1.58. The van der Waals surface area contributed by atoms with Crippen LogP contribution in [0, 0.1) is 11.6 Å². The molecule has 0 radical (unpaired) electrons. The van der Waals surface area contributed by atoms with Gasteiger partial charge in [0.05, 0.1) is 11.5 Å². The number of aliphatic hydroxyl groups excluding tert-OH is 1. The Morgan fingerprint density at radius 3 is 2.17 bits per heavy atom. The maximum Gasteiger partial charge on any atom is 0.324 e. The second-order valence-electron chi connectivity index (χ2n) is 3.30. The van der Waals surface area contributed by atoms with Crippen LogP contribution in [0.25, 0.3) is 0 Å². The van der Waals surface area contributed by atoms with Crippen LogP contribution in [0.4, 0.5) is 8.78 Å². The van der Waals surface area contributed by atoms with Gasteiger partial charge in [0.25, 0.3) is 0 Å². The predicted octanol–water partition coefficient (Wildman–Crippen LogP) is -0.311. The summed E-state index contributed by atoms with van der Waals surface area (Å²) in [7, 11) is -4.43. The van der Waals surface area contributed by atoms with Gasteiger partial charge in [0, 0.05) is 6.07 Å². The fraction of sp³-hybridized carbons (Fsp3) is 0.222. The first-order valence-electron chi connectivity index (χ1n) is 4.58. The predicted molar refractivity (Wildman–Crippen MR) is 55.2 cm³/mol. The first-order valence-corrected chi connectivity index (χ1v) is 6.06. The number of benzene rings is 1. The Morgan fingerprint density at radius 1 is 1.28 bits per heavy atom. The number of sulfonamides is 1. The highest BCUT2D eigenvalue weighted by Crippen LogP contribution is 2.13. The Bertz CT molecular complexity index is 540. The van der Waals surface area contributed by atoms with Crippen molar-refractivity contribution in [3.05, 3.63) is 29.8 Å². The highest BCUT2D eigenvalue weighted by molar-refractivity contribution is 7.89. The van der Waals surface area contributed by atoms with Crippen molar-refractivity contribution < 1.29 is 32.2 Å². The third kappa shape index (κ3) is 3.45. The molecule has 9 heteroatoms. The average molecular weight is 281 g/mol. The SMILES string of the molecule is O=C(O)[C@H](CO)NS(=O)(=O)c1cc(F)cc(F)c1. The van der Waals surface area contributed by atoms with Crippen LogP contribution in [0.1, 0.15) is 0 Å². The number of rotatable bonds is 5. The number of hydrogen-bond donors (Lipinski definition) is 3. The lowest BCUT2D eigenvalue weighted by molar-refractivity contribution is -0.139. The van der Waals surface area contributed by atoms with Gasteiger partial charge in [-0.15, -0.1) is 0 Å². The summed E-state index contributed by atoms with van der Waals surface area (Å²) in [6, 6.07) is -0.260. The van der Waals surface area contributed by atoms with Gasteiger partial charge in [-0.05, 0) is 12.1 Å². The molecule has 0 bridgehead atoms. The molecule has 0 aliphatic heterocycles. The molecule has 0 saturated carbocycles. The maximum absolute atomic E-state index is 12.8. The van der Waals surface area contributed by atoms with Crippen LogP contribution in [0.2, 0.25) is 0 Å². The molecule has 0 spiro atoms. The Morgan fingerprint density at radius 2 is 1.78 bits per heavy atom. The van der Waals surface area contributed by atoms with E-state index in [4.69, 9.17) is 10.2 Å². The number of aliphatic carboxylic acids is 1. The quantitative estimate of drug-likeness (QED) is 0.686. The van der Waals surface area contributed by atoms with E-state index in [9.17, 15) is 22.0 Å². The standard InChI is InChI=1S/C9H9F2NO5S/c10-5-1-6(11)3-7(2-5)18(16,17)12-8(4-13)9(14)15/h1-3,8,12-13H,4H2,(H,14,15)/t8-/m0/s1. The van der Waals surface area contributed by atoms with Crippen molar-refractivity contribution in [2.24, 2.45) is 0 Å². The van der Waals surface area contributed by atoms with Crippen LogP contribution in [0.3, 0.4) is 0 Å². The van der Waals surface area contributed by atoms with Gasteiger partial charge in [0.2, 0.25) is 10.0 Å². The van der Waals surface area contributed by atoms with E-state index in [0.29, 0.717) is 18.2 Å². The molecule has 0 saturated heterocycles. The van der Waals surface area contributed by atoms with Gasteiger partial charge in [0.15, 0.2) is 0 Å². The largest absolute Gasteiger partial charge is 0.480 e. The molecule has 1 aromatic rings. The molecule has 0 aliphatic carbocycles. The molecule has 0 amide bonds. The Balaban J connectivity index is 3.10. The Labute approximate surface area is 101 Å². The zero-order valence-corrected chi connectivity index (χ0v) is 9.62.